The van der Waals surface area contributed by atoms with Crippen molar-refractivity contribution in [2.45, 2.75) is 38.0 Å². The molecule has 1 amide bonds. The Balaban J connectivity index is 2.10. The first-order valence-electron chi connectivity index (χ1n) is 5.95. The minimum atomic E-state index is -1.03. The van der Waals surface area contributed by atoms with E-state index in [9.17, 15) is 14.7 Å². The van der Waals surface area contributed by atoms with Crippen molar-refractivity contribution < 1.29 is 19.8 Å². The van der Waals surface area contributed by atoms with Crippen LogP contribution in [0.25, 0.3) is 0 Å². The molecular formula is C11H18N2O4. The number of β-amino-alcohol motifs (C(OH)–C–C–N with tert-alkyl or cyclic N) is 1. The van der Waals surface area contributed by atoms with E-state index < -0.39 is 18.1 Å². The van der Waals surface area contributed by atoms with Gasteiger partial charge in [-0.2, -0.15) is 0 Å². The van der Waals surface area contributed by atoms with Gasteiger partial charge in [0.2, 0.25) is 5.91 Å². The Kier molecular flexibility index (Phi) is 3.35. The van der Waals surface area contributed by atoms with Crippen LogP contribution in [0.1, 0.15) is 19.8 Å². The molecule has 2 heterocycles. The van der Waals surface area contributed by atoms with Gasteiger partial charge >= 0.3 is 5.97 Å². The molecule has 6 heteroatoms. The highest BCUT2D eigenvalue weighted by atomic mass is 16.4. The van der Waals surface area contributed by atoms with Gasteiger partial charge in [0.1, 0.15) is 6.04 Å². The summed E-state index contributed by atoms with van der Waals surface area (Å²) in [7, 11) is 0. The zero-order valence-electron chi connectivity index (χ0n) is 9.80. The summed E-state index contributed by atoms with van der Waals surface area (Å²) in [6.45, 7) is 2.85. The van der Waals surface area contributed by atoms with Gasteiger partial charge in [-0.15, -0.1) is 0 Å². The van der Waals surface area contributed by atoms with Crippen molar-refractivity contribution in [2.75, 3.05) is 13.1 Å². The van der Waals surface area contributed by atoms with Gasteiger partial charge in [0.05, 0.1) is 12.0 Å². The third kappa shape index (κ3) is 2.28. The molecule has 17 heavy (non-hydrogen) atoms. The summed E-state index contributed by atoms with van der Waals surface area (Å²) in [5.74, 6) is -1.35. The average molecular weight is 242 g/mol. The number of rotatable bonds is 2. The predicted octanol–water partition coefficient (Wildman–Crippen LogP) is -0.969. The van der Waals surface area contributed by atoms with Crippen LogP contribution in [0.3, 0.4) is 0 Å². The number of aliphatic hydroxyl groups excluding tert-OH is 1. The Hall–Kier alpha value is -1.14. The number of carboxylic acid groups (broad SMARTS) is 1. The van der Waals surface area contributed by atoms with Crippen LogP contribution in [-0.2, 0) is 9.59 Å². The van der Waals surface area contributed by atoms with E-state index in [0.29, 0.717) is 0 Å². The standard InChI is InChI=1S/C11H18N2O4/c1-6-8(2-3-12-6)10(15)13-5-7(14)4-9(13)11(16)17/h6-9,12,14H,2-5H2,1H3,(H,16,17)/t6?,7-,8?,9-/m0/s1. The van der Waals surface area contributed by atoms with Gasteiger partial charge in [-0.3, -0.25) is 4.79 Å². The molecule has 4 atom stereocenters. The average Bonchev–Trinajstić information content (AvgIpc) is 2.83. The van der Waals surface area contributed by atoms with E-state index in [1.54, 1.807) is 0 Å². The summed E-state index contributed by atoms with van der Waals surface area (Å²) in [5, 5.41) is 21.7. The Morgan fingerprint density at radius 2 is 2.12 bits per heavy atom. The molecule has 2 aliphatic heterocycles. The molecule has 0 aromatic heterocycles. The van der Waals surface area contributed by atoms with Gasteiger partial charge in [-0.05, 0) is 19.9 Å². The Bertz CT molecular complexity index is 333. The molecule has 2 unspecified atom stereocenters. The minimum absolute atomic E-state index is 0.0784. The summed E-state index contributed by atoms with van der Waals surface area (Å²) in [5.41, 5.74) is 0. The van der Waals surface area contributed by atoms with Crippen molar-refractivity contribution in [3.05, 3.63) is 0 Å². The van der Waals surface area contributed by atoms with Crippen LogP contribution in [0.5, 0.6) is 0 Å². The van der Waals surface area contributed by atoms with E-state index in [0.717, 1.165) is 13.0 Å². The molecule has 2 aliphatic rings. The monoisotopic (exact) mass is 242 g/mol. The van der Waals surface area contributed by atoms with Crippen molar-refractivity contribution in [2.24, 2.45) is 5.92 Å². The molecule has 2 fully saturated rings. The molecular weight excluding hydrogens is 224 g/mol. The van der Waals surface area contributed by atoms with Crippen molar-refractivity contribution in [1.82, 2.24) is 10.2 Å². The zero-order chi connectivity index (χ0) is 12.6. The maximum absolute atomic E-state index is 12.2. The molecule has 0 bridgehead atoms. The smallest absolute Gasteiger partial charge is 0.326 e. The van der Waals surface area contributed by atoms with Crippen LogP contribution < -0.4 is 5.32 Å². The molecule has 96 valence electrons. The second kappa shape index (κ2) is 4.62. The van der Waals surface area contributed by atoms with Gasteiger partial charge < -0.3 is 20.4 Å². The predicted molar refractivity (Wildman–Crippen MR) is 59.3 cm³/mol. The second-order valence-corrected chi connectivity index (χ2v) is 4.87. The van der Waals surface area contributed by atoms with Gasteiger partial charge in [-0.1, -0.05) is 0 Å². The fraction of sp³-hybridized carbons (Fsp3) is 0.818. The topological polar surface area (TPSA) is 89.9 Å². The van der Waals surface area contributed by atoms with Gasteiger partial charge in [0.15, 0.2) is 0 Å². The lowest BCUT2D eigenvalue weighted by Crippen LogP contribution is -2.45. The Morgan fingerprint density at radius 1 is 1.41 bits per heavy atom. The van der Waals surface area contributed by atoms with Gasteiger partial charge in [0, 0.05) is 19.0 Å². The van der Waals surface area contributed by atoms with Crippen molar-refractivity contribution in [3.63, 3.8) is 0 Å². The van der Waals surface area contributed by atoms with E-state index in [1.165, 1.54) is 4.90 Å². The largest absolute Gasteiger partial charge is 0.480 e. The van der Waals surface area contributed by atoms with Crippen LogP contribution in [0.4, 0.5) is 0 Å². The number of likely N-dealkylation sites (tertiary alicyclic amines) is 1. The van der Waals surface area contributed by atoms with Gasteiger partial charge in [0.25, 0.3) is 0 Å². The number of hydrogen-bond donors (Lipinski definition) is 3. The highest BCUT2D eigenvalue weighted by Gasteiger charge is 2.43. The summed E-state index contributed by atoms with van der Waals surface area (Å²) < 4.78 is 0. The van der Waals surface area contributed by atoms with E-state index in [1.807, 2.05) is 6.92 Å². The Labute approximate surface area is 99.6 Å². The maximum Gasteiger partial charge on any atom is 0.326 e. The fourth-order valence-electron chi connectivity index (χ4n) is 2.70. The maximum atomic E-state index is 12.2. The van der Waals surface area contributed by atoms with Crippen LogP contribution >= 0.6 is 0 Å². The number of nitrogens with one attached hydrogen (secondary N) is 1. The third-order valence-electron chi connectivity index (χ3n) is 3.69. The number of carbonyl (C=O) groups excluding carboxylic acids is 1. The van der Waals surface area contributed by atoms with Crippen molar-refractivity contribution in [3.8, 4) is 0 Å². The molecule has 0 aliphatic carbocycles. The van der Waals surface area contributed by atoms with Crippen LogP contribution in [-0.4, -0.2) is 58.3 Å². The molecule has 0 saturated carbocycles. The lowest BCUT2D eigenvalue weighted by Gasteiger charge is -2.26. The molecule has 0 aromatic carbocycles. The number of carboxylic acids is 1. The molecule has 2 rings (SSSR count). The van der Waals surface area contributed by atoms with Crippen LogP contribution in [0, 0.1) is 5.92 Å². The number of amides is 1. The van der Waals surface area contributed by atoms with E-state index >= 15 is 0 Å². The molecule has 0 aromatic rings. The van der Waals surface area contributed by atoms with Crippen LogP contribution in [0.15, 0.2) is 0 Å². The highest BCUT2D eigenvalue weighted by Crippen LogP contribution is 2.25. The molecule has 0 radical (unpaired) electrons. The number of aliphatic hydroxyl groups is 1. The summed E-state index contributed by atoms with van der Waals surface area (Å²) in [6.07, 6.45) is 0.152. The van der Waals surface area contributed by atoms with Crippen molar-refractivity contribution in [1.29, 1.82) is 0 Å². The SMILES string of the molecule is CC1NCCC1C(=O)N1C[C@@H](O)C[C@H]1C(=O)O. The summed E-state index contributed by atoms with van der Waals surface area (Å²) in [6, 6.07) is -0.792. The number of hydrogen-bond acceptors (Lipinski definition) is 4. The first-order chi connectivity index (χ1) is 8.00. The third-order valence-corrected chi connectivity index (χ3v) is 3.69. The molecule has 3 N–H and O–H groups in total. The lowest BCUT2D eigenvalue weighted by molar-refractivity contribution is -0.150. The fourth-order valence-corrected chi connectivity index (χ4v) is 2.70. The molecule has 6 nitrogen and oxygen atoms in total. The number of nitrogens with zero attached hydrogens (tertiary/aromatic N) is 1. The van der Waals surface area contributed by atoms with E-state index in [-0.39, 0.29) is 30.8 Å². The zero-order valence-corrected chi connectivity index (χ0v) is 9.80. The number of carbonyl (C=O) groups is 2. The second-order valence-electron chi connectivity index (χ2n) is 4.87. The first-order valence-corrected chi connectivity index (χ1v) is 5.95. The van der Waals surface area contributed by atoms with Crippen molar-refractivity contribution >= 4 is 11.9 Å². The minimum Gasteiger partial charge on any atom is -0.480 e. The summed E-state index contributed by atoms with van der Waals surface area (Å²) >= 11 is 0. The van der Waals surface area contributed by atoms with Crippen LogP contribution in [0.2, 0.25) is 0 Å². The number of aliphatic carboxylic acids is 1. The summed E-state index contributed by atoms with van der Waals surface area (Å²) in [4.78, 5) is 24.6. The normalized spacial score (nSPS) is 37.4. The first kappa shape index (κ1) is 12.3. The lowest BCUT2D eigenvalue weighted by atomic mass is 10.00. The van der Waals surface area contributed by atoms with E-state index in [2.05, 4.69) is 5.32 Å². The van der Waals surface area contributed by atoms with Gasteiger partial charge in [-0.25, -0.2) is 4.79 Å². The quantitative estimate of drug-likeness (QED) is 0.580. The highest BCUT2D eigenvalue weighted by molar-refractivity contribution is 5.86. The molecule has 2 saturated heterocycles. The van der Waals surface area contributed by atoms with E-state index in [4.69, 9.17) is 5.11 Å². The molecule has 0 spiro atoms. The Morgan fingerprint density at radius 3 is 2.65 bits per heavy atom.